The summed E-state index contributed by atoms with van der Waals surface area (Å²) in [6, 6.07) is 11.5. The van der Waals surface area contributed by atoms with Gasteiger partial charge in [0.05, 0.1) is 11.3 Å². The molecule has 3 rings (SSSR count). The van der Waals surface area contributed by atoms with Gasteiger partial charge in [0.1, 0.15) is 11.3 Å². The highest BCUT2D eigenvalue weighted by Crippen LogP contribution is 2.23. The lowest BCUT2D eigenvalue weighted by Gasteiger charge is -2.29. The van der Waals surface area contributed by atoms with Crippen molar-refractivity contribution in [2.45, 2.75) is 0 Å². The van der Waals surface area contributed by atoms with Gasteiger partial charge in [0.2, 0.25) is 0 Å². The number of phenolic OH excluding ortho intramolecular Hbond substituents is 1. The molecule has 7 nitrogen and oxygen atoms in total. The van der Waals surface area contributed by atoms with Crippen molar-refractivity contribution in [2.24, 2.45) is 0 Å². The Morgan fingerprint density at radius 1 is 1.04 bits per heavy atom. The number of carboxylic acid groups (broad SMARTS) is 1. The zero-order chi connectivity index (χ0) is 18.8. The zero-order valence-electron chi connectivity index (χ0n) is 13.2. The van der Waals surface area contributed by atoms with Crippen LogP contribution in [0.2, 0.25) is 0 Å². The van der Waals surface area contributed by atoms with Crippen molar-refractivity contribution in [1.29, 1.82) is 0 Å². The number of aromatic hydroxyl groups is 1. The van der Waals surface area contributed by atoms with Gasteiger partial charge in [-0.05, 0) is 60.3 Å². The van der Waals surface area contributed by atoms with Crippen LogP contribution in [-0.2, 0) is 9.59 Å². The van der Waals surface area contributed by atoms with Gasteiger partial charge in [-0.25, -0.2) is 4.79 Å². The summed E-state index contributed by atoms with van der Waals surface area (Å²) in [7, 11) is 0. The maximum Gasteiger partial charge on any atom is 0.335 e. The van der Waals surface area contributed by atoms with Crippen LogP contribution in [0.25, 0.3) is 6.08 Å². The first kappa shape index (κ1) is 17.3. The molecule has 0 atom stereocenters. The van der Waals surface area contributed by atoms with Crippen molar-refractivity contribution in [1.82, 2.24) is 5.32 Å². The molecule has 1 heterocycles. The Labute approximate surface area is 153 Å². The Hall–Kier alpha value is -3.52. The van der Waals surface area contributed by atoms with Gasteiger partial charge in [-0.2, -0.15) is 0 Å². The third-order valence-corrected chi connectivity index (χ3v) is 3.96. The highest BCUT2D eigenvalue weighted by Gasteiger charge is 2.34. The average molecular weight is 368 g/mol. The van der Waals surface area contributed by atoms with E-state index in [0.29, 0.717) is 11.3 Å². The number of carboxylic acids is 1. The van der Waals surface area contributed by atoms with E-state index in [4.69, 9.17) is 17.3 Å². The van der Waals surface area contributed by atoms with E-state index in [1.165, 1.54) is 42.5 Å². The van der Waals surface area contributed by atoms with Gasteiger partial charge in [0, 0.05) is 0 Å². The smallest absolute Gasteiger partial charge is 0.335 e. The molecule has 1 fully saturated rings. The minimum atomic E-state index is -1.09. The topological polar surface area (TPSA) is 107 Å². The molecular formula is C18H12N2O5S. The lowest BCUT2D eigenvalue weighted by Crippen LogP contribution is -2.54. The quantitative estimate of drug-likeness (QED) is 0.434. The number of hydrogen-bond acceptors (Lipinski definition) is 5. The van der Waals surface area contributed by atoms with Crippen molar-refractivity contribution in [2.75, 3.05) is 4.90 Å². The minimum Gasteiger partial charge on any atom is -0.508 e. The summed E-state index contributed by atoms with van der Waals surface area (Å²) in [6.45, 7) is 0. The second-order valence-corrected chi connectivity index (χ2v) is 5.79. The summed E-state index contributed by atoms with van der Waals surface area (Å²) in [5, 5.41) is 20.6. The Bertz CT molecular complexity index is 949. The van der Waals surface area contributed by atoms with Gasteiger partial charge in [-0.15, -0.1) is 0 Å². The molecule has 130 valence electrons. The summed E-state index contributed by atoms with van der Waals surface area (Å²) < 4.78 is 0. The first-order valence-electron chi connectivity index (χ1n) is 7.40. The molecule has 0 radical (unpaired) electrons. The lowest BCUT2D eigenvalue weighted by atomic mass is 10.1. The summed E-state index contributed by atoms with van der Waals surface area (Å²) in [6.07, 6.45) is 1.39. The molecule has 0 bridgehead atoms. The van der Waals surface area contributed by atoms with Gasteiger partial charge in [-0.1, -0.05) is 12.1 Å². The van der Waals surface area contributed by atoms with E-state index in [2.05, 4.69) is 5.32 Å². The van der Waals surface area contributed by atoms with E-state index in [1.807, 2.05) is 0 Å². The summed E-state index contributed by atoms with van der Waals surface area (Å²) in [5.74, 6) is -2.29. The van der Waals surface area contributed by atoms with E-state index in [1.54, 1.807) is 12.1 Å². The van der Waals surface area contributed by atoms with Crippen molar-refractivity contribution < 1.29 is 24.6 Å². The molecule has 2 aromatic rings. The van der Waals surface area contributed by atoms with Crippen LogP contribution in [0.5, 0.6) is 5.75 Å². The number of amides is 2. The van der Waals surface area contributed by atoms with Crippen molar-refractivity contribution in [3.05, 3.63) is 65.2 Å². The molecule has 2 amide bonds. The van der Waals surface area contributed by atoms with Crippen molar-refractivity contribution in [3.63, 3.8) is 0 Å². The zero-order valence-corrected chi connectivity index (χ0v) is 14.0. The molecule has 26 heavy (non-hydrogen) atoms. The number of nitrogens with zero attached hydrogens (tertiary/aromatic N) is 1. The van der Waals surface area contributed by atoms with Gasteiger partial charge in [0.25, 0.3) is 11.8 Å². The van der Waals surface area contributed by atoms with E-state index in [-0.39, 0.29) is 22.0 Å². The maximum absolute atomic E-state index is 12.8. The van der Waals surface area contributed by atoms with Crippen LogP contribution in [0.3, 0.4) is 0 Å². The number of thiocarbonyl (C=S) groups is 1. The first-order chi connectivity index (χ1) is 12.4. The van der Waals surface area contributed by atoms with E-state index in [0.717, 1.165) is 4.90 Å². The predicted molar refractivity (Wildman–Crippen MR) is 97.7 cm³/mol. The summed E-state index contributed by atoms with van der Waals surface area (Å²) in [4.78, 5) is 37.0. The molecule has 1 aliphatic heterocycles. The van der Waals surface area contributed by atoms with Crippen LogP contribution in [0, 0.1) is 0 Å². The monoisotopic (exact) mass is 368 g/mol. The minimum absolute atomic E-state index is 0.0629. The van der Waals surface area contributed by atoms with Gasteiger partial charge in [-0.3, -0.25) is 19.8 Å². The molecule has 0 spiro atoms. The number of anilines is 1. The number of benzene rings is 2. The van der Waals surface area contributed by atoms with Crippen LogP contribution in [0.15, 0.2) is 54.1 Å². The number of rotatable bonds is 3. The van der Waals surface area contributed by atoms with Crippen LogP contribution in [-0.4, -0.2) is 33.1 Å². The first-order valence-corrected chi connectivity index (χ1v) is 7.81. The Kier molecular flexibility index (Phi) is 4.51. The molecule has 2 aromatic carbocycles. The highest BCUT2D eigenvalue weighted by atomic mass is 32.1. The molecule has 1 aliphatic rings. The summed E-state index contributed by atoms with van der Waals surface area (Å²) >= 11 is 5.08. The number of nitrogens with one attached hydrogen (secondary N) is 1. The molecular weight excluding hydrogens is 356 g/mol. The normalized spacial score (nSPS) is 15.9. The highest BCUT2D eigenvalue weighted by molar-refractivity contribution is 7.80. The third-order valence-electron chi connectivity index (χ3n) is 3.68. The second kappa shape index (κ2) is 6.77. The van der Waals surface area contributed by atoms with Crippen LogP contribution >= 0.6 is 12.2 Å². The van der Waals surface area contributed by atoms with Crippen molar-refractivity contribution >= 4 is 46.9 Å². The number of carbonyl (C=O) groups is 3. The van der Waals surface area contributed by atoms with Crippen molar-refractivity contribution in [3.8, 4) is 5.75 Å². The predicted octanol–water partition coefficient (Wildman–Crippen LogP) is 1.92. The van der Waals surface area contributed by atoms with E-state index < -0.39 is 17.8 Å². The fourth-order valence-corrected chi connectivity index (χ4v) is 2.66. The average Bonchev–Trinajstić information content (AvgIpc) is 2.60. The van der Waals surface area contributed by atoms with Crippen LogP contribution in [0.1, 0.15) is 15.9 Å². The maximum atomic E-state index is 12.8. The number of carbonyl (C=O) groups excluding carboxylic acids is 2. The fraction of sp³-hybridized carbons (Fsp3) is 0. The SMILES string of the molecule is O=C1NC(=S)N(c2ccc(C(=O)O)cc2)C(=O)/C1=C/c1ccc(O)cc1. The molecule has 0 aliphatic carbocycles. The molecule has 8 heteroatoms. The van der Waals surface area contributed by atoms with E-state index >= 15 is 0 Å². The standard InChI is InChI=1S/C18H12N2O5S/c21-13-7-1-10(2-8-13)9-14-15(22)19-18(26)20(16(14)23)12-5-3-11(4-6-12)17(24)25/h1-9,21H,(H,24,25)(H,19,22,26)/b14-9+. The third kappa shape index (κ3) is 3.31. The molecule has 0 saturated carbocycles. The largest absolute Gasteiger partial charge is 0.508 e. The van der Waals surface area contributed by atoms with Gasteiger partial charge in [0.15, 0.2) is 5.11 Å². The van der Waals surface area contributed by atoms with E-state index in [9.17, 15) is 19.5 Å². The van der Waals surface area contributed by atoms with Crippen LogP contribution < -0.4 is 10.2 Å². The Morgan fingerprint density at radius 3 is 2.23 bits per heavy atom. The fourth-order valence-electron chi connectivity index (χ4n) is 2.38. The number of hydrogen-bond donors (Lipinski definition) is 3. The molecule has 0 aromatic heterocycles. The Morgan fingerprint density at radius 2 is 1.65 bits per heavy atom. The Balaban J connectivity index is 1.97. The second-order valence-electron chi connectivity index (χ2n) is 5.40. The molecule has 1 saturated heterocycles. The number of phenols is 1. The van der Waals surface area contributed by atoms with Gasteiger partial charge >= 0.3 is 5.97 Å². The van der Waals surface area contributed by atoms with Crippen LogP contribution in [0.4, 0.5) is 5.69 Å². The number of aromatic carboxylic acids is 1. The van der Waals surface area contributed by atoms with Gasteiger partial charge < -0.3 is 10.2 Å². The lowest BCUT2D eigenvalue weighted by molar-refractivity contribution is -0.122. The summed E-state index contributed by atoms with van der Waals surface area (Å²) in [5.41, 5.74) is 0.816. The molecule has 0 unspecified atom stereocenters. The molecule has 3 N–H and O–H groups in total.